The molecule has 1 aliphatic heterocycles. The Labute approximate surface area is 98.7 Å². The van der Waals surface area contributed by atoms with E-state index in [0.717, 1.165) is 13.1 Å². The number of nitrogens with one attached hydrogen (secondary N) is 1. The van der Waals surface area contributed by atoms with Gasteiger partial charge in [-0.15, -0.1) is 0 Å². The topological polar surface area (TPSA) is 15.3 Å². The number of likely N-dealkylation sites (N-methyl/N-ethyl adjacent to an activating group) is 1. The summed E-state index contributed by atoms with van der Waals surface area (Å²) in [7, 11) is 2.21. The van der Waals surface area contributed by atoms with Crippen LogP contribution in [0.2, 0.25) is 0 Å². The van der Waals surface area contributed by atoms with Gasteiger partial charge in [-0.2, -0.15) is 0 Å². The smallest absolute Gasteiger partial charge is 0.0452 e. The van der Waals surface area contributed by atoms with E-state index in [1.54, 1.807) is 0 Å². The lowest BCUT2D eigenvalue weighted by Crippen LogP contribution is -2.37. The molecule has 0 radical (unpaired) electrons. The van der Waals surface area contributed by atoms with Crippen molar-refractivity contribution in [1.29, 1.82) is 0 Å². The predicted molar refractivity (Wildman–Crippen MR) is 68.7 cm³/mol. The Morgan fingerprint density at radius 3 is 3.00 bits per heavy atom. The van der Waals surface area contributed by atoms with E-state index >= 15 is 0 Å². The fourth-order valence-corrected chi connectivity index (χ4v) is 2.54. The van der Waals surface area contributed by atoms with Crippen LogP contribution in [-0.4, -0.2) is 31.6 Å². The van der Waals surface area contributed by atoms with Gasteiger partial charge in [0.15, 0.2) is 0 Å². The molecule has 1 unspecified atom stereocenters. The molecule has 0 fully saturated rings. The summed E-state index contributed by atoms with van der Waals surface area (Å²) in [6.45, 7) is 5.64. The standard InChI is InChI=1S/C14H22N2/c1-3-10-16(2)11-14-13-7-5-4-6-12(13)8-9-15-14/h4-7,14-15H,3,8-11H2,1-2H3. The van der Waals surface area contributed by atoms with E-state index in [4.69, 9.17) is 0 Å². The summed E-state index contributed by atoms with van der Waals surface area (Å²) in [5.74, 6) is 0. The number of hydrogen-bond acceptors (Lipinski definition) is 2. The van der Waals surface area contributed by atoms with Gasteiger partial charge in [0.2, 0.25) is 0 Å². The monoisotopic (exact) mass is 218 g/mol. The van der Waals surface area contributed by atoms with E-state index in [0.29, 0.717) is 6.04 Å². The first kappa shape index (κ1) is 11.6. The van der Waals surface area contributed by atoms with E-state index in [-0.39, 0.29) is 0 Å². The summed E-state index contributed by atoms with van der Waals surface area (Å²) >= 11 is 0. The molecule has 88 valence electrons. The van der Waals surface area contributed by atoms with Gasteiger partial charge in [-0.05, 0) is 44.1 Å². The van der Waals surface area contributed by atoms with Crippen molar-refractivity contribution in [3.05, 3.63) is 35.4 Å². The first-order valence-electron chi connectivity index (χ1n) is 6.31. The fraction of sp³-hybridized carbons (Fsp3) is 0.571. The van der Waals surface area contributed by atoms with Gasteiger partial charge in [0, 0.05) is 12.6 Å². The van der Waals surface area contributed by atoms with E-state index in [2.05, 4.69) is 48.5 Å². The van der Waals surface area contributed by atoms with E-state index < -0.39 is 0 Å². The van der Waals surface area contributed by atoms with Crippen molar-refractivity contribution in [2.75, 3.05) is 26.7 Å². The number of rotatable bonds is 4. The average molecular weight is 218 g/mol. The van der Waals surface area contributed by atoms with Crippen LogP contribution in [0.25, 0.3) is 0 Å². The van der Waals surface area contributed by atoms with Crippen LogP contribution in [0.1, 0.15) is 30.5 Å². The Bertz CT molecular complexity index is 335. The molecule has 1 aliphatic rings. The fourth-order valence-electron chi connectivity index (χ4n) is 2.54. The zero-order chi connectivity index (χ0) is 11.4. The Morgan fingerprint density at radius 1 is 1.38 bits per heavy atom. The Hall–Kier alpha value is -0.860. The molecule has 16 heavy (non-hydrogen) atoms. The molecule has 2 nitrogen and oxygen atoms in total. The summed E-state index contributed by atoms with van der Waals surface area (Å²) in [6, 6.07) is 9.35. The third-order valence-corrected chi connectivity index (χ3v) is 3.32. The molecule has 1 aromatic carbocycles. The highest BCUT2D eigenvalue weighted by atomic mass is 15.1. The van der Waals surface area contributed by atoms with Crippen molar-refractivity contribution >= 4 is 0 Å². The molecule has 0 saturated carbocycles. The van der Waals surface area contributed by atoms with Gasteiger partial charge in [0.1, 0.15) is 0 Å². The van der Waals surface area contributed by atoms with Gasteiger partial charge < -0.3 is 10.2 Å². The van der Waals surface area contributed by atoms with Gasteiger partial charge in [-0.25, -0.2) is 0 Å². The van der Waals surface area contributed by atoms with Crippen LogP contribution in [0.15, 0.2) is 24.3 Å². The van der Waals surface area contributed by atoms with Crippen LogP contribution in [0.5, 0.6) is 0 Å². The Balaban J connectivity index is 2.07. The van der Waals surface area contributed by atoms with Crippen molar-refractivity contribution in [2.24, 2.45) is 0 Å². The number of fused-ring (bicyclic) bond motifs is 1. The third kappa shape index (κ3) is 2.63. The minimum atomic E-state index is 0.515. The van der Waals surface area contributed by atoms with Gasteiger partial charge >= 0.3 is 0 Å². The lowest BCUT2D eigenvalue weighted by atomic mass is 9.94. The molecule has 1 aromatic rings. The van der Waals surface area contributed by atoms with Gasteiger partial charge in [0.05, 0.1) is 0 Å². The second-order valence-corrected chi connectivity index (χ2v) is 4.72. The van der Waals surface area contributed by atoms with Crippen LogP contribution in [0.3, 0.4) is 0 Å². The molecule has 0 saturated heterocycles. The maximum Gasteiger partial charge on any atom is 0.0452 e. The maximum atomic E-state index is 3.62. The van der Waals surface area contributed by atoms with Gasteiger partial charge in [-0.3, -0.25) is 0 Å². The zero-order valence-electron chi connectivity index (χ0n) is 10.4. The van der Waals surface area contributed by atoms with E-state index in [9.17, 15) is 0 Å². The first-order chi connectivity index (χ1) is 7.81. The second kappa shape index (κ2) is 5.46. The van der Waals surface area contributed by atoms with E-state index in [1.165, 1.54) is 30.5 Å². The number of nitrogens with zero attached hydrogens (tertiary/aromatic N) is 1. The van der Waals surface area contributed by atoms with Crippen LogP contribution in [0.4, 0.5) is 0 Å². The van der Waals surface area contributed by atoms with Crippen molar-refractivity contribution < 1.29 is 0 Å². The summed E-state index contributed by atoms with van der Waals surface area (Å²) in [6.07, 6.45) is 2.40. The molecule has 2 rings (SSSR count). The maximum absolute atomic E-state index is 3.62. The minimum absolute atomic E-state index is 0.515. The van der Waals surface area contributed by atoms with Crippen LogP contribution in [0, 0.1) is 0 Å². The minimum Gasteiger partial charge on any atom is -0.309 e. The van der Waals surface area contributed by atoms with Crippen LogP contribution < -0.4 is 5.32 Å². The summed E-state index contributed by atoms with van der Waals surface area (Å²) in [4.78, 5) is 2.42. The SMILES string of the molecule is CCCN(C)CC1NCCc2ccccc21. The predicted octanol–water partition coefficient (Wildman–Crippen LogP) is 2.22. The third-order valence-electron chi connectivity index (χ3n) is 3.32. The van der Waals surface area contributed by atoms with Crippen molar-refractivity contribution in [1.82, 2.24) is 10.2 Å². The summed E-state index contributed by atoms with van der Waals surface area (Å²) in [5, 5.41) is 3.62. The Morgan fingerprint density at radius 2 is 2.19 bits per heavy atom. The molecule has 1 atom stereocenters. The number of benzene rings is 1. The number of hydrogen-bond donors (Lipinski definition) is 1. The molecule has 0 spiro atoms. The van der Waals surface area contributed by atoms with Crippen molar-refractivity contribution in [3.8, 4) is 0 Å². The van der Waals surface area contributed by atoms with Gasteiger partial charge in [-0.1, -0.05) is 31.2 Å². The highest BCUT2D eigenvalue weighted by Gasteiger charge is 2.19. The normalized spacial score (nSPS) is 19.8. The lowest BCUT2D eigenvalue weighted by Gasteiger charge is -2.30. The largest absolute Gasteiger partial charge is 0.309 e. The molecular formula is C14H22N2. The average Bonchev–Trinajstić information content (AvgIpc) is 2.30. The highest BCUT2D eigenvalue weighted by Crippen LogP contribution is 2.22. The van der Waals surface area contributed by atoms with E-state index in [1.807, 2.05) is 0 Å². The molecule has 1 heterocycles. The van der Waals surface area contributed by atoms with Gasteiger partial charge in [0.25, 0.3) is 0 Å². The molecule has 0 aromatic heterocycles. The molecule has 1 N–H and O–H groups in total. The quantitative estimate of drug-likeness (QED) is 0.833. The second-order valence-electron chi connectivity index (χ2n) is 4.72. The molecule has 0 bridgehead atoms. The molecule has 0 aliphatic carbocycles. The van der Waals surface area contributed by atoms with Crippen LogP contribution >= 0.6 is 0 Å². The zero-order valence-corrected chi connectivity index (χ0v) is 10.4. The highest BCUT2D eigenvalue weighted by molar-refractivity contribution is 5.32. The van der Waals surface area contributed by atoms with Crippen molar-refractivity contribution in [3.63, 3.8) is 0 Å². The molecular weight excluding hydrogens is 196 g/mol. The van der Waals surface area contributed by atoms with Crippen LogP contribution in [-0.2, 0) is 6.42 Å². The van der Waals surface area contributed by atoms with Crippen molar-refractivity contribution in [2.45, 2.75) is 25.8 Å². The first-order valence-corrected chi connectivity index (χ1v) is 6.31. The summed E-state index contributed by atoms with van der Waals surface area (Å²) < 4.78 is 0. The summed E-state index contributed by atoms with van der Waals surface area (Å²) in [5.41, 5.74) is 3.02. The molecule has 0 amide bonds. The lowest BCUT2D eigenvalue weighted by molar-refractivity contribution is 0.286. The Kier molecular flexibility index (Phi) is 3.97. The molecule has 2 heteroatoms.